The summed E-state index contributed by atoms with van der Waals surface area (Å²) in [5.41, 5.74) is 5.62. The van der Waals surface area contributed by atoms with Crippen molar-refractivity contribution >= 4 is 16.7 Å². The van der Waals surface area contributed by atoms with Gasteiger partial charge in [-0.2, -0.15) is 0 Å². The van der Waals surface area contributed by atoms with Crippen molar-refractivity contribution < 1.29 is 19.0 Å². The predicted molar refractivity (Wildman–Crippen MR) is 158 cm³/mol. The average Bonchev–Trinajstić information content (AvgIpc) is 2.94. The number of aryl methyl sites for hydroxylation is 1. The van der Waals surface area contributed by atoms with Gasteiger partial charge in [0.15, 0.2) is 0 Å². The molecule has 4 aromatic rings. The molecule has 0 aliphatic heterocycles. The topological polar surface area (TPSA) is 56.8 Å². The van der Waals surface area contributed by atoms with E-state index in [2.05, 4.69) is 79.8 Å². The normalized spacial score (nSPS) is 12.8. The third-order valence-corrected chi connectivity index (χ3v) is 7.03. The number of fused-ring (bicyclic) bond motifs is 1. The van der Waals surface area contributed by atoms with Crippen molar-refractivity contribution in [1.29, 1.82) is 0 Å². The quantitative estimate of drug-likeness (QED) is 0.202. The van der Waals surface area contributed by atoms with Crippen LogP contribution in [0.3, 0.4) is 0 Å². The SMILES string of the molecule is COc1cccc([C@@H](C)NC(C)c2cc(-c3ccc(OC)c(CCC(=O)OC(C)C)c3)c3ccccc3c2)c1. The Morgan fingerprint density at radius 1 is 0.795 bits per heavy atom. The van der Waals surface area contributed by atoms with Crippen LogP contribution in [0.5, 0.6) is 11.5 Å². The van der Waals surface area contributed by atoms with Crippen molar-refractivity contribution in [2.75, 3.05) is 14.2 Å². The van der Waals surface area contributed by atoms with Crippen molar-refractivity contribution in [3.05, 3.63) is 95.6 Å². The number of benzene rings is 4. The van der Waals surface area contributed by atoms with E-state index in [1.807, 2.05) is 32.0 Å². The first kappa shape index (κ1) is 28.2. The summed E-state index contributed by atoms with van der Waals surface area (Å²) in [5.74, 6) is 1.43. The Bertz CT molecular complexity index is 1430. The first-order chi connectivity index (χ1) is 18.8. The lowest BCUT2D eigenvalue weighted by molar-refractivity contribution is -0.147. The highest BCUT2D eigenvalue weighted by atomic mass is 16.5. The smallest absolute Gasteiger partial charge is 0.306 e. The van der Waals surface area contributed by atoms with Gasteiger partial charge in [-0.15, -0.1) is 0 Å². The van der Waals surface area contributed by atoms with Crippen LogP contribution in [0.2, 0.25) is 0 Å². The molecule has 204 valence electrons. The maximum absolute atomic E-state index is 12.2. The zero-order valence-electron chi connectivity index (χ0n) is 23.8. The molecule has 0 radical (unpaired) electrons. The highest BCUT2D eigenvalue weighted by Crippen LogP contribution is 2.35. The van der Waals surface area contributed by atoms with E-state index in [0.29, 0.717) is 12.8 Å². The number of hydrogen-bond donors (Lipinski definition) is 1. The Hall–Kier alpha value is -3.83. The van der Waals surface area contributed by atoms with E-state index in [0.717, 1.165) is 28.2 Å². The molecule has 0 saturated heterocycles. The summed E-state index contributed by atoms with van der Waals surface area (Å²) < 4.78 is 16.4. The fraction of sp³-hybridized carbons (Fsp3) is 0.324. The van der Waals surface area contributed by atoms with Gasteiger partial charge in [0.25, 0.3) is 0 Å². The van der Waals surface area contributed by atoms with E-state index in [1.165, 1.54) is 21.9 Å². The molecule has 0 aromatic heterocycles. The van der Waals surface area contributed by atoms with Gasteiger partial charge in [0.1, 0.15) is 11.5 Å². The minimum Gasteiger partial charge on any atom is -0.497 e. The zero-order chi connectivity index (χ0) is 27.9. The van der Waals surface area contributed by atoms with Crippen molar-refractivity contribution in [2.24, 2.45) is 0 Å². The van der Waals surface area contributed by atoms with Gasteiger partial charge in [-0.25, -0.2) is 0 Å². The first-order valence-electron chi connectivity index (χ1n) is 13.6. The van der Waals surface area contributed by atoms with Gasteiger partial charge in [0, 0.05) is 18.5 Å². The Labute approximate surface area is 232 Å². The molecule has 4 aromatic carbocycles. The third kappa shape index (κ3) is 6.98. The van der Waals surface area contributed by atoms with Crippen LogP contribution in [0.15, 0.2) is 78.9 Å². The minimum atomic E-state index is -0.199. The monoisotopic (exact) mass is 525 g/mol. The van der Waals surface area contributed by atoms with Gasteiger partial charge in [-0.05, 0) is 109 Å². The first-order valence-corrected chi connectivity index (χ1v) is 13.6. The second-order valence-corrected chi connectivity index (χ2v) is 10.2. The van der Waals surface area contributed by atoms with Gasteiger partial charge in [0.2, 0.25) is 0 Å². The number of carbonyl (C=O) groups excluding carboxylic acids is 1. The molecule has 1 N–H and O–H groups in total. The van der Waals surface area contributed by atoms with Gasteiger partial charge in [-0.3, -0.25) is 4.79 Å². The molecular weight excluding hydrogens is 486 g/mol. The lowest BCUT2D eigenvalue weighted by atomic mass is 9.91. The molecule has 0 heterocycles. The molecule has 5 nitrogen and oxygen atoms in total. The molecule has 4 rings (SSSR count). The molecule has 0 fully saturated rings. The fourth-order valence-corrected chi connectivity index (χ4v) is 5.00. The second-order valence-electron chi connectivity index (χ2n) is 10.2. The highest BCUT2D eigenvalue weighted by Gasteiger charge is 2.16. The number of nitrogens with one attached hydrogen (secondary N) is 1. The number of methoxy groups -OCH3 is 2. The predicted octanol–water partition coefficient (Wildman–Crippen LogP) is 7.82. The van der Waals surface area contributed by atoms with Crippen LogP contribution in [0.25, 0.3) is 21.9 Å². The van der Waals surface area contributed by atoms with Crippen molar-refractivity contribution in [2.45, 2.75) is 58.7 Å². The molecule has 39 heavy (non-hydrogen) atoms. The number of carbonyl (C=O) groups is 1. The summed E-state index contributed by atoms with van der Waals surface area (Å²) in [6.07, 6.45) is 0.736. The van der Waals surface area contributed by atoms with Crippen LogP contribution in [-0.4, -0.2) is 26.3 Å². The summed E-state index contributed by atoms with van der Waals surface area (Å²) in [4.78, 5) is 12.2. The maximum atomic E-state index is 12.2. The Kier molecular flexibility index (Phi) is 9.26. The molecular formula is C34H39NO4. The van der Waals surface area contributed by atoms with Gasteiger partial charge >= 0.3 is 5.97 Å². The molecule has 1 unspecified atom stereocenters. The van der Waals surface area contributed by atoms with Gasteiger partial charge in [-0.1, -0.05) is 42.5 Å². The summed E-state index contributed by atoms with van der Waals surface area (Å²) in [5, 5.41) is 6.13. The average molecular weight is 526 g/mol. The maximum Gasteiger partial charge on any atom is 0.306 e. The standard InChI is InChI=1S/C34H39NO4/c1-22(2)39-34(36)17-15-28-18-27(14-16-33(28)38-6)32-21-29(19-26-10-7-8-13-31(26)32)24(4)35-23(3)25-11-9-12-30(20-25)37-5/h7-14,16,18-24,35H,15,17H2,1-6H3/t23-,24?/m1/s1. The van der Waals surface area contributed by atoms with Crippen LogP contribution in [0.4, 0.5) is 0 Å². The lowest BCUT2D eigenvalue weighted by Gasteiger charge is -2.23. The third-order valence-electron chi connectivity index (χ3n) is 7.03. The summed E-state index contributed by atoms with van der Waals surface area (Å²) in [6, 6.07) is 27.7. The molecule has 0 aliphatic carbocycles. The van der Waals surface area contributed by atoms with Gasteiger partial charge in [0.05, 0.1) is 20.3 Å². The molecule has 0 bridgehead atoms. The molecule has 0 amide bonds. The van der Waals surface area contributed by atoms with E-state index in [9.17, 15) is 4.79 Å². The van der Waals surface area contributed by atoms with Crippen LogP contribution < -0.4 is 14.8 Å². The van der Waals surface area contributed by atoms with E-state index in [-0.39, 0.29) is 24.2 Å². The zero-order valence-corrected chi connectivity index (χ0v) is 23.8. The van der Waals surface area contributed by atoms with Crippen LogP contribution in [-0.2, 0) is 16.0 Å². The molecule has 5 heteroatoms. The minimum absolute atomic E-state index is 0.109. The Morgan fingerprint density at radius 2 is 1.56 bits per heavy atom. The van der Waals surface area contributed by atoms with Gasteiger partial charge < -0.3 is 19.5 Å². The number of hydrogen-bond acceptors (Lipinski definition) is 5. The summed E-state index contributed by atoms with van der Waals surface area (Å²) >= 11 is 0. The molecule has 2 atom stereocenters. The van der Waals surface area contributed by atoms with E-state index in [1.54, 1.807) is 14.2 Å². The van der Waals surface area contributed by atoms with E-state index in [4.69, 9.17) is 14.2 Å². The summed E-state index contributed by atoms with van der Waals surface area (Å²) in [6.45, 7) is 8.10. The largest absolute Gasteiger partial charge is 0.497 e. The lowest BCUT2D eigenvalue weighted by Crippen LogP contribution is -2.22. The van der Waals surface area contributed by atoms with Crippen LogP contribution >= 0.6 is 0 Å². The van der Waals surface area contributed by atoms with Crippen molar-refractivity contribution in [3.63, 3.8) is 0 Å². The highest BCUT2D eigenvalue weighted by molar-refractivity contribution is 5.97. The van der Waals surface area contributed by atoms with Crippen molar-refractivity contribution in [1.82, 2.24) is 5.32 Å². The summed E-state index contributed by atoms with van der Waals surface area (Å²) in [7, 11) is 3.36. The number of ether oxygens (including phenoxy) is 3. The Morgan fingerprint density at radius 3 is 2.31 bits per heavy atom. The molecule has 0 aliphatic rings. The van der Waals surface area contributed by atoms with E-state index < -0.39 is 0 Å². The van der Waals surface area contributed by atoms with Crippen LogP contribution in [0.1, 0.15) is 62.9 Å². The molecule has 0 saturated carbocycles. The van der Waals surface area contributed by atoms with Crippen molar-refractivity contribution in [3.8, 4) is 22.6 Å². The van der Waals surface area contributed by atoms with E-state index >= 15 is 0 Å². The Balaban J connectivity index is 1.66. The number of rotatable bonds is 11. The fourth-order valence-electron chi connectivity index (χ4n) is 5.00. The molecule has 0 spiro atoms. The van der Waals surface area contributed by atoms with Crippen LogP contribution in [0, 0.1) is 0 Å². The number of esters is 1. The second kappa shape index (κ2) is 12.8.